The van der Waals surface area contributed by atoms with Gasteiger partial charge in [-0.2, -0.15) is 5.11 Å². The molecule has 2 atom stereocenters. The van der Waals surface area contributed by atoms with Gasteiger partial charge >= 0.3 is 0 Å². The number of amides is 2. The molecule has 2 aromatic rings. The van der Waals surface area contributed by atoms with E-state index in [1.54, 1.807) is 5.01 Å². The Morgan fingerprint density at radius 3 is 2.08 bits per heavy atom. The van der Waals surface area contributed by atoms with Gasteiger partial charge in [0.05, 0.1) is 11.4 Å². The Hall–Kier alpha value is -3.02. The van der Waals surface area contributed by atoms with Crippen LogP contribution in [0.25, 0.3) is 0 Å². The van der Waals surface area contributed by atoms with Gasteiger partial charge in [-0.05, 0) is 56.2 Å². The molecule has 0 spiro atoms. The van der Waals surface area contributed by atoms with Crippen LogP contribution in [0.1, 0.15) is 16.7 Å². The van der Waals surface area contributed by atoms with E-state index in [-0.39, 0.29) is 11.8 Å². The molecule has 0 bridgehead atoms. The van der Waals surface area contributed by atoms with Crippen LogP contribution in [0.2, 0.25) is 0 Å². The SMILES string of the molecule is Cc1ccc(N2N=N[C@@H]3C(=O)N(c4cc(C)cc(C)c4)C(=O)[C@H]32)cc1. The molecule has 6 nitrogen and oxygen atoms in total. The topological polar surface area (TPSA) is 65.3 Å². The molecule has 2 aliphatic heterocycles. The molecule has 2 aromatic carbocycles. The monoisotopic (exact) mass is 334 g/mol. The fourth-order valence-corrected chi connectivity index (χ4v) is 3.41. The minimum atomic E-state index is -0.783. The number of rotatable bonds is 2. The molecule has 0 radical (unpaired) electrons. The van der Waals surface area contributed by atoms with Crippen LogP contribution in [0.3, 0.4) is 0 Å². The zero-order valence-corrected chi connectivity index (χ0v) is 14.3. The van der Waals surface area contributed by atoms with E-state index in [1.165, 1.54) is 4.90 Å². The van der Waals surface area contributed by atoms with Crippen LogP contribution in [0, 0.1) is 20.8 Å². The van der Waals surface area contributed by atoms with Crippen molar-refractivity contribution >= 4 is 23.2 Å². The summed E-state index contributed by atoms with van der Waals surface area (Å²) < 4.78 is 0. The largest absolute Gasteiger partial charge is 0.271 e. The second kappa shape index (κ2) is 5.51. The maximum atomic E-state index is 13.0. The van der Waals surface area contributed by atoms with Crippen molar-refractivity contribution in [3.8, 4) is 0 Å². The molecule has 0 N–H and O–H groups in total. The van der Waals surface area contributed by atoms with E-state index in [4.69, 9.17) is 0 Å². The molecule has 2 heterocycles. The Bertz CT molecular complexity index is 884. The first-order chi connectivity index (χ1) is 12.0. The van der Waals surface area contributed by atoms with Crippen LogP contribution in [-0.2, 0) is 9.59 Å². The molecule has 1 fully saturated rings. The Balaban J connectivity index is 1.71. The first kappa shape index (κ1) is 15.5. The van der Waals surface area contributed by atoms with Gasteiger partial charge in [-0.1, -0.05) is 29.0 Å². The lowest BCUT2D eigenvalue weighted by molar-refractivity contribution is -0.121. The Morgan fingerprint density at radius 2 is 1.44 bits per heavy atom. The molecule has 0 aliphatic carbocycles. The van der Waals surface area contributed by atoms with Crippen molar-refractivity contribution in [2.45, 2.75) is 32.9 Å². The highest BCUT2D eigenvalue weighted by Gasteiger charge is 2.55. The van der Waals surface area contributed by atoms with Crippen molar-refractivity contribution in [2.24, 2.45) is 10.3 Å². The first-order valence-electron chi connectivity index (χ1n) is 8.18. The van der Waals surface area contributed by atoms with E-state index in [0.717, 1.165) is 22.4 Å². The zero-order chi connectivity index (χ0) is 17.7. The van der Waals surface area contributed by atoms with Crippen molar-refractivity contribution in [3.05, 3.63) is 59.2 Å². The van der Waals surface area contributed by atoms with Gasteiger partial charge in [0.1, 0.15) is 0 Å². The van der Waals surface area contributed by atoms with Gasteiger partial charge in [-0.15, -0.1) is 0 Å². The lowest BCUT2D eigenvalue weighted by Crippen LogP contribution is -2.39. The van der Waals surface area contributed by atoms with Gasteiger partial charge in [-0.3, -0.25) is 9.59 Å². The van der Waals surface area contributed by atoms with E-state index in [1.807, 2.05) is 63.2 Å². The number of anilines is 2. The molecule has 6 heteroatoms. The van der Waals surface area contributed by atoms with Crippen LogP contribution < -0.4 is 9.91 Å². The number of benzene rings is 2. The summed E-state index contributed by atoms with van der Waals surface area (Å²) in [5.74, 6) is -0.607. The Labute approximate surface area is 145 Å². The predicted molar refractivity (Wildman–Crippen MR) is 94.5 cm³/mol. The van der Waals surface area contributed by atoms with E-state index >= 15 is 0 Å². The number of carbonyl (C=O) groups excluding carboxylic acids is 2. The first-order valence-corrected chi connectivity index (χ1v) is 8.18. The summed E-state index contributed by atoms with van der Waals surface area (Å²) in [6.45, 7) is 5.88. The second-order valence-electron chi connectivity index (χ2n) is 6.63. The highest BCUT2D eigenvalue weighted by atomic mass is 16.2. The van der Waals surface area contributed by atoms with Gasteiger partial charge in [0.15, 0.2) is 12.1 Å². The van der Waals surface area contributed by atoms with Crippen LogP contribution in [-0.4, -0.2) is 23.9 Å². The highest BCUT2D eigenvalue weighted by Crippen LogP contribution is 2.35. The molecule has 0 saturated carbocycles. The standard InChI is InChI=1S/C19H18N4O2/c1-11-4-6-14(7-5-11)23-17-16(20-21-23)18(24)22(19(17)25)15-9-12(2)8-13(3)10-15/h4-10,16-17H,1-3H3/t16-,17-/m0/s1. The number of nitrogens with zero attached hydrogens (tertiary/aromatic N) is 4. The number of imide groups is 1. The van der Waals surface area contributed by atoms with Gasteiger partial charge in [0, 0.05) is 0 Å². The summed E-state index contributed by atoms with van der Waals surface area (Å²) in [7, 11) is 0. The van der Waals surface area contributed by atoms with E-state index < -0.39 is 12.1 Å². The molecule has 126 valence electrons. The normalized spacial score (nSPS) is 22.0. The fraction of sp³-hybridized carbons (Fsp3) is 0.263. The van der Waals surface area contributed by atoms with Crippen LogP contribution in [0.15, 0.2) is 52.8 Å². The van der Waals surface area contributed by atoms with E-state index in [0.29, 0.717) is 5.69 Å². The zero-order valence-electron chi connectivity index (χ0n) is 14.3. The quantitative estimate of drug-likeness (QED) is 0.793. The number of fused-ring (bicyclic) bond motifs is 1. The molecule has 25 heavy (non-hydrogen) atoms. The number of aryl methyl sites for hydroxylation is 3. The van der Waals surface area contributed by atoms with Crippen molar-refractivity contribution in [1.82, 2.24) is 0 Å². The third-order valence-electron chi connectivity index (χ3n) is 4.54. The third kappa shape index (κ3) is 2.41. The van der Waals surface area contributed by atoms with Crippen LogP contribution in [0.4, 0.5) is 11.4 Å². The van der Waals surface area contributed by atoms with Crippen LogP contribution in [0.5, 0.6) is 0 Å². The minimum absolute atomic E-state index is 0.287. The van der Waals surface area contributed by atoms with Gasteiger partial charge in [-0.25, -0.2) is 9.91 Å². The second-order valence-corrected chi connectivity index (χ2v) is 6.63. The minimum Gasteiger partial charge on any atom is -0.271 e. The molecule has 0 unspecified atom stereocenters. The summed E-state index contributed by atoms with van der Waals surface area (Å²) >= 11 is 0. The average Bonchev–Trinajstić information content (AvgIpc) is 3.08. The molecule has 2 aliphatic rings. The maximum absolute atomic E-state index is 13.0. The molecule has 4 rings (SSSR count). The van der Waals surface area contributed by atoms with Crippen molar-refractivity contribution in [3.63, 3.8) is 0 Å². The van der Waals surface area contributed by atoms with Gasteiger partial charge < -0.3 is 0 Å². The molecule has 0 aromatic heterocycles. The molecule has 2 amide bonds. The highest BCUT2D eigenvalue weighted by molar-refractivity contribution is 6.26. The summed E-state index contributed by atoms with van der Waals surface area (Å²) in [5.41, 5.74) is 4.47. The smallest absolute Gasteiger partial charge is 0.263 e. The lowest BCUT2D eigenvalue weighted by atomic mass is 10.1. The molecular formula is C19H18N4O2. The summed E-state index contributed by atoms with van der Waals surface area (Å²) in [4.78, 5) is 27.0. The number of carbonyl (C=O) groups is 2. The van der Waals surface area contributed by atoms with E-state index in [2.05, 4.69) is 10.3 Å². The van der Waals surface area contributed by atoms with Crippen LogP contribution >= 0.6 is 0 Å². The molecular weight excluding hydrogens is 316 g/mol. The lowest BCUT2D eigenvalue weighted by Gasteiger charge is -2.21. The van der Waals surface area contributed by atoms with Gasteiger partial charge in [0.2, 0.25) is 0 Å². The summed E-state index contributed by atoms with van der Waals surface area (Å²) in [6.07, 6.45) is 0. The Morgan fingerprint density at radius 1 is 0.800 bits per heavy atom. The molecule has 1 saturated heterocycles. The third-order valence-corrected chi connectivity index (χ3v) is 4.54. The van der Waals surface area contributed by atoms with Gasteiger partial charge in [0.25, 0.3) is 11.8 Å². The average molecular weight is 334 g/mol. The van der Waals surface area contributed by atoms with Crippen molar-refractivity contribution in [1.29, 1.82) is 0 Å². The number of hydrogen-bond acceptors (Lipinski definition) is 5. The van der Waals surface area contributed by atoms with E-state index in [9.17, 15) is 9.59 Å². The van der Waals surface area contributed by atoms with Crippen molar-refractivity contribution < 1.29 is 9.59 Å². The fourth-order valence-electron chi connectivity index (χ4n) is 3.41. The summed E-state index contributed by atoms with van der Waals surface area (Å²) in [5, 5.41) is 9.69. The Kier molecular flexibility index (Phi) is 3.42. The summed E-state index contributed by atoms with van der Waals surface area (Å²) in [6, 6.07) is 11.9. The predicted octanol–water partition coefficient (Wildman–Crippen LogP) is 3.11. The number of hydrogen-bond donors (Lipinski definition) is 0. The van der Waals surface area contributed by atoms with Crippen molar-refractivity contribution in [2.75, 3.05) is 9.91 Å². The maximum Gasteiger partial charge on any atom is 0.263 e.